The lowest BCUT2D eigenvalue weighted by Crippen LogP contribution is -2.48. The lowest BCUT2D eigenvalue weighted by atomic mass is 9.91. The summed E-state index contributed by atoms with van der Waals surface area (Å²) in [7, 11) is 0. The largest absolute Gasteiger partial charge is 0.351 e. The van der Waals surface area contributed by atoms with Gasteiger partial charge in [0.15, 0.2) is 5.82 Å². The molecule has 1 aromatic carbocycles. The van der Waals surface area contributed by atoms with Crippen LogP contribution in [0.3, 0.4) is 0 Å². The van der Waals surface area contributed by atoms with E-state index in [2.05, 4.69) is 20.6 Å². The fraction of sp³-hybridized carbons (Fsp3) is 0.444. The molecule has 0 unspecified atom stereocenters. The molecular weight excluding hydrogens is 489 g/mol. The zero-order chi connectivity index (χ0) is 26.5. The number of ether oxygens (including phenoxy) is 2. The van der Waals surface area contributed by atoms with Gasteiger partial charge in [0.25, 0.3) is 0 Å². The number of nitriles is 1. The second-order valence-electron chi connectivity index (χ2n) is 9.95. The van der Waals surface area contributed by atoms with E-state index in [9.17, 15) is 9.18 Å². The highest BCUT2D eigenvalue weighted by Crippen LogP contribution is 2.35. The number of aromatic nitrogens is 4. The average Bonchev–Trinajstić information content (AvgIpc) is 3.39. The van der Waals surface area contributed by atoms with Crippen molar-refractivity contribution in [2.45, 2.75) is 51.4 Å². The monoisotopic (exact) mass is 519 g/mol. The second kappa shape index (κ2) is 11.2. The number of H-pyrrole nitrogens is 1. The van der Waals surface area contributed by atoms with Gasteiger partial charge in [-0.2, -0.15) is 5.26 Å². The van der Waals surface area contributed by atoms with Crippen molar-refractivity contribution in [3.05, 3.63) is 48.2 Å². The number of nitrogens with zero attached hydrogens (tertiary/aromatic N) is 4. The third-order valence-corrected chi connectivity index (χ3v) is 6.90. The molecule has 2 fully saturated rings. The quantitative estimate of drug-likeness (QED) is 0.397. The minimum Gasteiger partial charge on any atom is -0.351 e. The Morgan fingerprint density at radius 2 is 1.89 bits per heavy atom. The van der Waals surface area contributed by atoms with E-state index >= 15 is 0 Å². The lowest BCUT2D eigenvalue weighted by molar-refractivity contribution is -0.230. The number of hydrogen-bond donors (Lipinski definition) is 3. The van der Waals surface area contributed by atoms with Crippen molar-refractivity contribution in [2.75, 3.05) is 25.1 Å². The fourth-order valence-electron chi connectivity index (χ4n) is 4.73. The molecule has 2 aliphatic rings. The Morgan fingerprint density at radius 3 is 2.61 bits per heavy atom. The van der Waals surface area contributed by atoms with Crippen LogP contribution in [0.15, 0.2) is 36.5 Å². The van der Waals surface area contributed by atoms with E-state index in [-0.39, 0.29) is 31.5 Å². The molecule has 1 aliphatic heterocycles. The van der Waals surface area contributed by atoms with Gasteiger partial charge in [-0.1, -0.05) is 19.3 Å². The Morgan fingerprint density at radius 1 is 1.16 bits per heavy atom. The molecule has 38 heavy (non-hydrogen) atoms. The summed E-state index contributed by atoms with van der Waals surface area (Å²) in [6.45, 7) is 1.80. The number of hydrogen-bond acceptors (Lipinski definition) is 8. The van der Waals surface area contributed by atoms with Crippen LogP contribution in [0.1, 0.15) is 51.1 Å². The van der Waals surface area contributed by atoms with E-state index in [1.54, 1.807) is 31.3 Å². The maximum atomic E-state index is 13.7. The molecule has 2 aromatic heterocycles. The van der Waals surface area contributed by atoms with Crippen LogP contribution in [0.2, 0.25) is 0 Å². The summed E-state index contributed by atoms with van der Waals surface area (Å²) in [4.78, 5) is 29.6. The van der Waals surface area contributed by atoms with Crippen molar-refractivity contribution in [1.29, 1.82) is 5.26 Å². The number of aromatic amines is 1. The topological polar surface area (TPSA) is 138 Å². The van der Waals surface area contributed by atoms with Crippen molar-refractivity contribution in [3.63, 3.8) is 0 Å². The van der Waals surface area contributed by atoms with Crippen LogP contribution < -0.4 is 10.6 Å². The minimum absolute atomic E-state index is 0.0831. The molecule has 0 spiro atoms. The van der Waals surface area contributed by atoms with E-state index in [1.807, 2.05) is 6.07 Å². The average molecular weight is 520 g/mol. The van der Waals surface area contributed by atoms with E-state index in [4.69, 9.17) is 24.7 Å². The number of anilines is 1. The molecule has 10 nitrogen and oxygen atoms in total. The predicted octanol–water partition coefficient (Wildman–Crippen LogP) is 4.11. The Bertz CT molecular complexity index is 1310. The first-order valence-electron chi connectivity index (χ1n) is 12.8. The van der Waals surface area contributed by atoms with Crippen molar-refractivity contribution in [1.82, 2.24) is 25.3 Å². The summed E-state index contributed by atoms with van der Waals surface area (Å²) in [5, 5.41) is 14.8. The van der Waals surface area contributed by atoms with Crippen molar-refractivity contribution in [3.8, 4) is 28.7 Å². The van der Waals surface area contributed by atoms with Crippen LogP contribution in [0.4, 0.5) is 10.3 Å². The van der Waals surface area contributed by atoms with Crippen molar-refractivity contribution < 1.29 is 18.7 Å². The Kier molecular flexibility index (Phi) is 7.62. The molecule has 3 N–H and O–H groups in total. The van der Waals surface area contributed by atoms with Gasteiger partial charge in [0.05, 0.1) is 41.8 Å². The molecule has 0 atom stereocenters. The molecule has 198 valence electrons. The zero-order valence-corrected chi connectivity index (χ0v) is 21.2. The Balaban J connectivity index is 1.42. The van der Waals surface area contributed by atoms with Crippen LogP contribution in [-0.2, 0) is 14.3 Å². The molecule has 5 rings (SSSR count). The molecule has 1 saturated carbocycles. The van der Waals surface area contributed by atoms with Gasteiger partial charge in [0.1, 0.15) is 12.4 Å². The normalized spacial score (nSPS) is 22.0. The van der Waals surface area contributed by atoms with E-state index in [0.29, 0.717) is 40.5 Å². The molecule has 11 heteroatoms. The summed E-state index contributed by atoms with van der Waals surface area (Å²) >= 11 is 0. The minimum atomic E-state index is -0.936. The van der Waals surface area contributed by atoms with Crippen LogP contribution in [0, 0.1) is 22.6 Å². The highest BCUT2D eigenvalue weighted by molar-refractivity contribution is 5.83. The highest BCUT2D eigenvalue weighted by atomic mass is 19.1. The smallest absolute Gasteiger partial charge is 0.231 e. The summed E-state index contributed by atoms with van der Waals surface area (Å²) in [6, 6.07) is 10.1. The Hall–Kier alpha value is -3.88. The molecule has 1 aliphatic carbocycles. The molecular formula is C27H30FN7O3. The Labute approximate surface area is 220 Å². The number of imidazole rings is 1. The summed E-state index contributed by atoms with van der Waals surface area (Å²) < 4.78 is 25.5. The highest BCUT2D eigenvalue weighted by Gasteiger charge is 2.40. The van der Waals surface area contributed by atoms with Gasteiger partial charge in [-0.3, -0.25) is 4.79 Å². The van der Waals surface area contributed by atoms with Crippen LogP contribution in [-0.4, -0.2) is 51.6 Å². The first-order valence-corrected chi connectivity index (χ1v) is 12.8. The van der Waals surface area contributed by atoms with E-state index in [0.717, 1.165) is 12.8 Å². The number of amides is 1. The maximum absolute atomic E-state index is 13.7. The van der Waals surface area contributed by atoms with Gasteiger partial charge in [-0.25, -0.2) is 19.3 Å². The molecule has 3 aromatic rings. The molecule has 0 radical (unpaired) electrons. The number of benzene rings is 1. The number of carbonyl (C=O) groups is 1. The summed E-state index contributed by atoms with van der Waals surface area (Å²) in [6.07, 6.45) is 6.67. The number of carbonyl (C=O) groups excluding carboxylic acids is 1. The fourth-order valence-corrected chi connectivity index (χ4v) is 4.73. The molecule has 1 saturated heterocycles. The van der Waals surface area contributed by atoms with Gasteiger partial charge >= 0.3 is 0 Å². The first kappa shape index (κ1) is 25.8. The van der Waals surface area contributed by atoms with Crippen LogP contribution in [0.25, 0.3) is 22.6 Å². The van der Waals surface area contributed by atoms with Crippen LogP contribution in [0.5, 0.6) is 0 Å². The molecule has 1 amide bonds. The lowest BCUT2D eigenvalue weighted by Gasteiger charge is -2.35. The third-order valence-electron chi connectivity index (χ3n) is 6.90. The maximum Gasteiger partial charge on any atom is 0.231 e. The second-order valence-corrected chi connectivity index (χ2v) is 9.95. The standard InChI is InChI=1S/C27H30FN7O3/c1-27(25(36)30-14-12-29)15-37-24(38-16-27)23-34-21(17-7-9-18(28)10-8-17)22(35-23)20-11-13-31-26(33-20)32-19-5-3-2-4-6-19/h7-11,13,19,24H,2-6,14-16H2,1H3,(H,30,36)(H,34,35)(H,31,32,33). The summed E-state index contributed by atoms with van der Waals surface area (Å²) in [5.41, 5.74) is 1.56. The van der Waals surface area contributed by atoms with Gasteiger partial charge in [0.2, 0.25) is 18.1 Å². The van der Waals surface area contributed by atoms with E-state index in [1.165, 1.54) is 31.4 Å². The van der Waals surface area contributed by atoms with Gasteiger partial charge < -0.3 is 25.1 Å². The van der Waals surface area contributed by atoms with Crippen LogP contribution >= 0.6 is 0 Å². The SMILES string of the molecule is CC1(C(=O)NCC#N)COC(c2nc(-c3ccc(F)cc3)c(-c3ccnc(NC4CCCCC4)n3)[nH]2)OC1. The van der Waals surface area contributed by atoms with E-state index < -0.39 is 11.7 Å². The number of nitrogens with one attached hydrogen (secondary N) is 3. The van der Waals surface area contributed by atoms with Gasteiger partial charge in [-0.05, 0) is 50.1 Å². The zero-order valence-electron chi connectivity index (χ0n) is 21.2. The van der Waals surface area contributed by atoms with Gasteiger partial charge in [-0.15, -0.1) is 0 Å². The van der Waals surface area contributed by atoms with Crippen molar-refractivity contribution >= 4 is 11.9 Å². The molecule has 0 bridgehead atoms. The van der Waals surface area contributed by atoms with Gasteiger partial charge in [0, 0.05) is 17.8 Å². The number of halogens is 1. The third kappa shape index (κ3) is 5.66. The van der Waals surface area contributed by atoms with Crippen molar-refractivity contribution in [2.24, 2.45) is 5.41 Å². The summed E-state index contributed by atoms with van der Waals surface area (Å²) in [5.74, 6) is 0.280. The predicted molar refractivity (Wildman–Crippen MR) is 137 cm³/mol. The molecule has 3 heterocycles. The number of rotatable bonds is 7. The first-order chi connectivity index (χ1) is 18.4.